The maximum absolute atomic E-state index is 11.4. The van der Waals surface area contributed by atoms with Crippen LogP contribution in [-0.2, 0) is 9.53 Å². The first-order chi connectivity index (χ1) is 7.54. The van der Waals surface area contributed by atoms with Crippen molar-refractivity contribution >= 4 is 5.97 Å². The number of benzene rings is 1. The van der Waals surface area contributed by atoms with Gasteiger partial charge in [-0.25, -0.2) is 4.79 Å². The van der Waals surface area contributed by atoms with Crippen LogP contribution in [0.25, 0.3) is 0 Å². The number of carbonyl (C=O) groups is 1. The van der Waals surface area contributed by atoms with E-state index < -0.39 is 6.10 Å². The summed E-state index contributed by atoms with van der Waals surface area (Å²) in [5.74, 6) is 0.406. The van der Waals surface area contributed by atoms with Crippen LogP contribution < -0.4 is 4.74 Å². The average molecular weight is 222 g/mol. The molecule has 1 atom stereocenters. The van der Waals surface area contributed by atoms with E-state index in [9.17, 15) is 4.79 Å². The summed E-state index contributed by atoms with van der Waals surface area (Å²) >= 11 is 0. The highest BCUT2D eigenvalue weighted by Crippen LogP contribution is 2.20. The van der Waals surface area contributed by atoms with Crippen molar-refractivity contribution in [2.24, 2.45) is 0 Å². The van der Waals surface area contributed by atoms with E-state index in [-0.39, 0.29) is 5.97 Å². The Morgan fingerprint density at radius 3 is 2.69 bits per heavy atom. The van der Waals surface area contributed by atoms with Crippen molar-refractivity contribution in [3.8, 4) is 5.75 Å². The number of carbonyl (C=O) groups excluding carboxylic acids is 1. The Bertz CT molecular complexity index is 371. The third kappa shape index (κ3) is 3.26. The number of hydrogen-bond donors (Lipinski definition) is 0. The summed E-state index contributed by atoms with van der Waals surface area (Å²) in [4.78, 5) is 11.4. The van der Waals surface area contributed by atoms with Gasteiger partial charge in [-0.2, -0.15) is 0 Å². The highest BCUT2D eigenvalue weighted by molar-refractivity contribution is 5.74. The smallest absolute Gasteiger partial charge is 0.347 e. The van der Waals surface area contributed by atoms with Crippen molar-refractivity contribution in [1.82, 2.24) is 0 Å². The predicted octanol–water partition coefficient (Wildman–Crippen LogP) is 2.63. The van der Waals surface area contributed by atoms with Gasteiger partial charge in [-0.3, -0.25) is 0 Å². The van der Waals surface area contributed by atoms with Gasteiger partial charge in [0.2, 0.25) is 0 Å². The fraction of sp³-hybridized carbons (Fsp3) is 0.462. The van der Waals surface area contributed by atoms with E-state index >= 15 is 0 Å². The Morgan fingerprint density at radius 1 is 1.38 bits per heavy atom. The fourth-order valence-electron chi connectivity index (χ4n) is 1.33. The molecule has 3 nitrogen and oxygen atoms in total. The molecule has 16 heavy (non-hydrogen) atoms. The first kappa shape index (κ1) is 12.6. The molecule has 0 heterocycles. The van der Waals surface area contributed by atoms with Gasteiger partial charge in [0.1, 0.15) is 5.75 Å². The summed E-state index contributed by atoms with van der Waals surface area (Å²) in [6.45, 7) is 7.79. The van der Waals surface area contributed by atoms with Gasteiger partial charge in [-0.15, -0.1) is 0 Å². The van der Waals surface area contributed by atoms with Crippen LogP contribution in [0.1, 0.15) is 25.0 Å². The second kappa shape index (κ2) is 5.54. The molecular weight excluding hydrogens is 204 g/mol. The Labute approximate surface area is 96.4 Å². The van der Waals surface area contributed by atoms with Crippen LogP contribution in [0.3, 0.4) is 0 Å². The standard InChI is InChI=1S/C13H18O3/c1-5-15-13(14)11(4)16-12-8-9(2)6-7-10(12)3/h6-8,11H,5H2,1-4H3. The summed E-state index contributed by atoms with van der Waals surface area (Å²) in [7, 11) is 0. The van der Waals surface area contributed by atoms with E-state index in [2.05, 4.69) is 0 Å². The minimum atomic E-state index is -0.569. The molecule has 0 amide bonds. The predicted molar refractivity (Wildman–Crippen MR) is 62.6 cm³/mol. The minimum absolute atomic E-state index is 0.330. The van der Waals surface area contributed by atoms with E-state index in [1.54, 1.807) is 13.8 Å². The molecule has 0 fully saturated rings. The average Bonchev–Trinajstić information content (AvgIpc) is 2.23. The zero-order chi connectivity index (χ0) is 12.1. The summed E-state index contributed by atoms with van der Waals surface area (Å²) in [5, 5.41) is 0. The number of esters is 1. The Morgan fingerprint density at radius 2 is 2.06 bits per heavy atom. The van der Waals surface area contributed by atoms with Crippen molar-refractivity contribution in [3.05, 3.63) is 29.3 Å². The third-order valence-electron chi connectivity index (χ3n) is 2.27. The maximum Gasteiger partial charge on any atom is 0.347 e. The van der Waals surface area contributed by atoms with Crippen LogP contribution in [0.2, 0.25) is 0 Å². The minimum Gasteiger partial charge on any atom is -0.479 e. The monoisotopic (exact) mass is 222 g/mol. The molecule has 0 radical (unpaired) electrons. The van der Waals surface area contributed by atoms with Crippen LogP contribution in [0.4, 0.5) is 0 Å². The van der Waals surface area contributed by atoms with Crippen LogP contribution in [0.5, 0.6) is 5.75 Å². The third-order valence-corrected chi connectivity index (χ3v) is 2.27. The van der Waals surface area contributed by atoms with Crippen LogP contribution >= 0.6 is 0 Å². The lowest BCUT2D eigenvalue weighted by atomic mass is 10.1. The number of ether oxygens (including phenoxy) is 2. The van der Waals surface area contributed by atoms with Crippen molar-refractivity contribution in [1.29, 1.82) is 0 Å². The number of rotatable bonds is 4. The van der Waals surface area contributed by atoms with Crippen molar-refractivity contribution in [2.75, 3.05) is 6.61 Å². The molecule has 0 aliphatic carbocycles. The van der Waals surface area contributed by atoms with Crippen LogP contribution in [0, 0.1) is 13.8 Å². The highest BCUT2D eigenvalue weighted by Gasteiger charge is 2.16. The van der Waals surface area contributed by atoms with Crippen molar-refractivity contribution in [2.45, 2.75) is 33.8 Å². The van der Waals surface area contributed by atoms with Crippen LogP contribution in [-0.4, -0.2) is 18.7 Å². The molecule has 88 valence electrons. The molecule has 3 heteroatoms. The molecule has 1 rings (SSSR count). The first-order valence-corrected chi connectivity index (χ1v) is 5.45. The van der Waals surface area contributed by atoms with Gasteiger partial charge in [0, 0.05) is 0 Å². The molecule has 0 saturated carbocycles. The lowest BCUT2D eigenvalue weighted by molar-refractivity contribution is -0.150. The lowest BCUT2D eigenvalue weighted by Gasteiger charge is -2.15. The Hall–Kier alpha value is -1.51. The van der Waals surface area contributed by atoms with Gasteiger partial charge in [0.25, 0.3) is 0 Å². The van der Waals surface area contributed by atoms with Gasteiger partial charge >= 0.3 is 5.97 Å². The van der Waals surface area contributed by atoms with Crippen LogP contribution in [0.15, 0.2) is 18.2 Å². The van der Waals surface area contributed by atoms with Crippen molar-refractivity contribution < 1.29 is 14.3 Å². The molecule has 0 aromatic heterocycles. The molecule has 0 bridgehead atoms. The van der Waals surface area contributed by atoms with E-state index in [4.69, 9.17) is 9.47 Å². The zero-order valence-electron chi connectivity index (χ0n) is 10.2. The molecule has 1 aromatic rings. The SMILES string of the molecule is CCOC(=O)C(C)Oc1cc(C)ccc1C. The highest BCUT2D eigenvalue weighted by atomic mass is 16.6. The van der Waals surface area contributed by atoms with E-state index in [0.29, 0.717) is 6.61 Å². The molecule has 1 unspecified atom stereocenters. The van der Waals surface area contributed by atoms with Gasteiger partial charge < -0.3 is 9.47 Å². The summed E-state index contributed by atoms with van der Waals surface area (Å²) < 4.78 is 10.4. The zero-order valence-corrected chi connectivity index (χ0v) is 10.2. The Kier molecular flexibility index (Phi) is 4.35. The molecule has 0 N–H and O–H groups in total. The second-order valence-corrected chi connectivity index (χ2v) is 3.78. The summed E-state index contributed by atoms with van der Waals surface area (Å²) in [6, 6.07) is 5.91. The van der Waals surface area contributed by atoms with E-state index in [1.807, 2.05) is 32.0 Å². The molecule has 0 spiro atoms. The van der Waals surface area contributed by atoms with Gasteiger partial charge in [0.05, 0.1) is 6.61 Å². The quantitative estimate of drug-likeness (QED) is 0.735. The summed E-state index contributed by atoms with van der Waals surface area (Å²) in [6.07, 6.45) is -0.569. The molecule has 0 aliphatic rings. The lowest BCUT2D eigenvalue weighted by Crippen LogP contribution is -2.26. The summed E-state index contributed by atoms with van der Waals surface area (Å²) in [5.41, 5.74) is 2.12. The van der Waals surface area contributed by atoms with Crippen molar-refractivity contribution in [3.63, 3.8) is 0 Å². The molecule has 1 aromatic carbocycles. The molecule has 0 aliphatic heterocycles. The van der Waals surface area contributed by atoms with Gasteiger partial charge in [-0.05, 0) is 44.9 Å². The maximum atomic E-state index is 11.4. The molecule has 0 saturated heterocycles. The molecular formula is C13H18O3. The number of hydrogen-bond acceptors (Lipinski definition) is 3. The Balaban J connectivity index is 2.72. The first-order valence-electron chi connectivity index (χ1n) is 5.45. The second-order valence-electron chi connectivity index (χ2n) is 3.78. The topological polar surface area (TPSA) is 35.5 Å². The van der Waals surface area contributed by atoms with Gasteiger partial charge in [-0.1, -0.05) is 12.1 Å². The largest absolute Gasteiger partial charge is 0.479 e. The van der Waals surface area contributed by atoms with Gasteiger partial charge in [0.15, 0.2) is 6.10 Å². The fourth-order valence-corrected chi connectivity index (χ4v) is 1.33. The normalized spacial score (nSPS) is 12.0. The number of aryl methyl sites for hydroxylation is 2. The van der Waals surface area contributed by atoms with E-state index in [0.717, 1.165) is 16.9 Å². The van der Waals surface area contributed by atoms with E-state index in [1.165, 1.54) is 0 Å².